The predicted octanol–water partition coefficient (Wildman–Crippen LogP) is 3.86. The van der Waals surface area contributed by atoms with Gasteiger partial charge in [0.25, 0.3) is 0 Å². The van der Waals surface area contributed by atoms with Crippen LogP contribution in [-0.4, -0.2) is 37.7 Å². The van der Waals surface area contributed by atoms with Crippen LogP contribution >= 0.6 is 11.8 Å². The number of carbonyl (C=O) groups excluding carboxylic acids is 1. The van der Waals surface area contributed by atoms with E-state index in [4.69, 9.17) is 9.47 Å². The number of hydrogen-bond donors (Lipinski definition) is 0. The molecule has 2 rings (SSSR count). The fourth-order valence-electron chi connectivity index (χ4n) is 2.18. The molecule has 0 aliphatic carbocycles. The molecule has 0 saturated heterocycles. The van der Waals surface area contributed by atoms with E-state index in [1.165, 1.54) is 0 Å². The fourth-order valence-corrected chi connectivity index (χ4v) is 3.01. The average molecular weight is 345 g/mol. The Balaban J connectivity index is 1.74. The topological polar surface area (TPSA) is 38.8 Å². The summed E-state index contributed by atoms with van der Waals surface area (Å²) in [5.74, 6) is 2.45. The molecular weight excluding hydrogens is 322 g/mol. The summed E-state index contributed by atoms with van der Waals surface area (Å²) in [6.45, 7) is 2.49. The molecule has 1 amide bonds. The smallest absolute Gasteiger partial charge is 0.239 e. The third kappa shape index (κ3) is 5.20. The zero-order chi connectivity index (χ0) is 17.4. The molecule has 128 valence electrons. The summed E-state index contributed by atoms with van der Waals surface area (Å²) >= 11 is 1.59. The Morgan fingerprint density at radius 3 is 2.33 bits per heavy atom. The van der Waals surface area contributed by atoms with Crippen LogP contribution in [0.25, 0.3) is 0 Å². The number of ether oxygens (including phenoxy) is 2. The second-order valence-electron chi connectivity index (χ2n) is 5.27. The molecular formula is C19H23NO3S. The van der Waals surface area contributed by atoms with Crippen LogP contribution in [0.4, 0.5) is 5.69 Å². The van der Waals surface area contributed by atoms with Crippen LogP contribution in [0.15, 0.2) is 54.6 Å². The number of nitrogens with zero attached hydrogens (tertiary/aromatic N) is 1. The lowest BCUT2D eigenvalue weighted by Crippen LogP contribution is -2.33. The fraction of sp³-hybridized carbons (Fsp3) is 0.316. The number of hydrogen-bond acceptors (Lipinski definition) is 4. The Kier molecular flexibility index (Phi) is 7.00. The largest absolute Gasteiger partial charge is 0.497 e. The number of benzene rings is 2. The van der Waals surface area contributed by atoms with Crippen LogP contribution < -0.4 is 14.4 Å². The molecule has 0 aliphatic rings. The first-order valence-corrected chi connectivity index (χ1v) is 8.87. The molecule has 0 radical (unpaired) electrons. The molecule has 4 nitrogen and oxygen atoms in total. The minimum atomic E-state index is -0.116. The molecule has 5 heteroatoms. The Hall–Kier alpha value is -2.14. The summed E-state index contributed by atoms with van der Waals surface area (Å²) in [7, 11) is 3.44. The number of methoxy groups -OCH3 is 1. The first-order valence-electron chi connectivity index (χ1n) is 7.83. The zero-order valence-electron chi connectivity index (χ0n) is 14.3. The molecule has 1 unspecified atom stereocenters. The minimum absolute atomic E-state index is 0.0932. The molecule has 0 bridgehead atoms. The van der Waals surface area contributed by atoms with E-state index >= 15 is 0 Å². The highest BCUT2D eigenvalue weighted by atomic mass is 32.2. The van der Waals surface area contributed by atoms with E-state index in [2.05, 4.69) is 0 Å². The highest BCUT2D eigenvalue weighted by Crippen LogP contribution is 2.20. The van der Waals surface area contributed by atoms with Gasteiger partial charge in [-0.25, -0.2) is 0 Å². The Morgan fingerprint density at radius 1 is 1.08 bits per heavy atom. The van der Waals surface area contributed by atoms with Gasteiger partial charge >= 0.3 is 0 Å². The van der Waals surface area contributed by atoms with Crippen molar-refractivity contribution in [2.24, 2.45) is 0 Å². The maximum absolute atomic E-state index is 12.4. The Bertz CT molecular complexity index is 631. The van der Waals surface area contributed by atoms with Gasteiger partial charge in [0.1, 0.15) is 11.5 Å². The minimum Gasteiger partial charge on any atom is -0.497 e. The standard InChI is InChI=1S/C19H23NO3S/c1-15(19(21)20(2)16-7-5-4-6-8-16)24-14-13-23-18-11-9-17(22-3)10-12-18/h4-12,15H,13-14H2,1-3H3. The van der Waals surface area contributed by atoms with Gasteiger partial charge in [0, 0.05) is 18.5 Å². The number of carbonyl (C=O) groups is 1. The summed E-state index contributed by atoms with van der Waals surface area (Å²) in [6, 6.07) is 17.1. The Labute approximate surface area is 147 Å². The van der Waals surface area contributed by atoms with Gasteiger partial charge in [-0.1, -0.05) is 18.2 Å². The van der Waals surface area contributed by atoms with Crippen LogP contribution in [0, 0.1) is 0 Å². The molecule has 0 heterocycles. The first kappa shape index (κ1) is 18.2. The number of rotatable bonds is 8. The Morgan fingerprint density at radius 2 is 1.71 bits per heavy atom. The number of anilines is 1. The predicted molar refractivity (Wildman–Crippen MR) is 100 cm³/mol. The van der Waals surface area contributed by atoms with Crippen molar-refractivity contribution in [2.75, 3.05) is 31.4 Å². The van der Waals surface area contributed by atoms with Crippen molar-refractivity contribution in [2.45, 2.75) is 12.2 Å². The van der Waals surface area contributed by atoms with E-state index in [1.54, 1.807) is 23.8 Å². The van der Waals surface area contributed by atoms with E-state index in [9.17, 15) is 4.79 Å². The van der Waals surface area contributed by atoms with Gasteiger partial charge in [0.15, 0.2) is 0 Å². The molecule has 2 aromatic rings. The number of amides is 1. The van der Waals surface area contributed by atoms with Crippen LogP contribution in [0.2, 0.25) is 0 Å². The van der Waals surface area contributed by atoms with E-state index in [-0.39, 0.29) is 11.2 Å². The third-order valence-electron chi connectivity index (χ3n) is 3.60. The summed E-state index contributed by atoms with van der Waals surface area (Å²) < 4.78 is 10.8. The quantitative estimate of drug-likeness (QED) is 0.681. The van der Waals surface area contributed by atoms with Crippen molar-refractivity contribution < 1.29 is 14.3 Å². The second-order valence-corrected chi connectivity index (χ2v) is 6.72. The van der Waals surface area contributed by atoms with Gasteiger partial charge in [-0.3, -0.25) is 4.79 Å². The second kappa shape index (κ2) is 9.23. The first-order chi connectivity index (χ1) is 11.6. The van der Waals surface area contributed by atoms with Crippen molar-refractivity contribution in [3.05, 3.63) is 54.6 Å². The molecule has 1 atom stereocenters. The summed E-state index contributed by atoms with van der Waals surface area (Å²) in [5, 5.41) is -0.116. The lowest BCUT2D eigenvalue weighted by atomic mass is 10.3. The van der Waals surface area contributed by atoms with Crippen LogP contribution in [-0.2, 0) is 4.79 Å². The van der Waals surface area contributed by atoms with E-state index < -0.39 is 0 Å². The van der Waals surface area contributed by atoms with Gasteiger partial charge in [0.2, 0.25) is 5.91 Å². The van der Waals surface area contributed by atoms with E-state index in [0.29, 0.717) is 6.61 Å². The van der Waals surface area contributed by atoms with Crippen molar-refractivity contribution in [3.8, 4) is 11.5 Å². The molecule has 0 aromatic heterocycles. The number of thioether (sulfide) groups is 1. The number of para-hydroxylation sites is 1. The maximum Gasteiger partial charge on any atom is 0.239 e. The van der Waals surface area contributed by atoms with Crippen LogP contribution in [0.5, 0.6) is 11.5 Å². The summed E-state index contributed by atoms with van der Waals surface area (Å²) in [5.41, 5.74) is 0.907. The SMILES string of the molecule is COc1ccc(OCCSC(C)C(=O)N(C)c2ccccc2)cc1. The van der Waals surface area contributed by atoms with Crippen molar-refractivity contribution in [3.63, 3.8) is 0 Å². The van der Waals surface area contributed by atoms with Crippen LogP contribution in [0.3, 0.4) is 0 Å². The molecule has 0 aliphatic heterocycles. The van der Waals surface area contributed by atoms with E-state index in [1.807, 2.05) is 68.6 Å². The van der Waals surface area contributed by atoms with Gasteiger partial charge in [-0.15, -0.1) is 11.8 Å². The van der Waals surface area contributed by atoms with Gasteiger partial charge in [-0.2, -0.15) is 0 Å². The average Bonchev–Trinajstić information content (AvgIpc) is 2.65. The highest BCUT2D eigenvalue weighted by molar-refractivity contribution is 8.00. The molecule has 24 heavy (non-hydrogen) atoms. The van der Waals surface area contributed by atoms with Crippen molar-refractivity contribution in [1.29, 1.82) is 0 Å². The normalized spacial score (nSPS) is 11.6. The van der Waals surface area contributed by atoms with Gasteiger partial charge in [0.05, 0.1) is 19.0 Å². The zero-order valence-corrected chi connectivity index (χ0v) is 15.1. The lowest BCUT2D eigenvalue weighted by Gasteiger charge is -2.21. The summed E-state index contributed by atoms with van der Waals surface area (Å²) in [4.78, 5) is 14.1. The van der Waals surface area contributed by atoms with E-state index in [0.717, 1.165) is 22.9 Å². The summed E-state index contributed by atoms with van der Waals surface area (Å²) in [6.07, 6.45) is 0. The molecule has 0 spiro atoms. The van der Waals surface area contributed by atoms with Gasteiger partial charge in [-0.05, 0) is 43.3 Å². The monoisotopic (exact) mass is 345 g/mol. The molecule has 0 saturated carbocycles. The lowest BCUT2D eigenvalue weighted by molar-refractivity contribution is -0.117. The molecule has 0 N–H and O–H groups in total. The molecule has 2 aromatic carbocycles. The highest BCUT2D eigenvalue weighted by Gasteiger charge is 2.18. The van der Waals surface area contributed by atoms with Crippen LogP contribution in [0.1, 0.15) is 6.92 Å². The van der Waals surface area contributed by atoms with Crippen molar-refractivity contribution in [1.82, 2.24) is 0 Å². The van der Waals surface area contributed by atoms with Gasteiger partial charge < -0.3 is 14.4 Å². The maximum atomic E-state index is 12.4. The third-order valence-corrected chi connectivity index (χ3v) is 4.71. The van der Waals surface area contributed by atoms with Crippen molar-refractivity contribution >= 4 is 23.4 Å². The molecule has 0 fully saturated rings.